The molecule has 0 nitrogen and oxygen atoms in total. The van der Waals surface area contributed by atoms with Gasteiger partial charge in [-0.15, -0.1) is 0 Å². The van der Waals surface area contributed by atoms with Crippen molar-refractivity contribution in [3.8, 4) is 0 Å². The molecule has 0 aromatic rings. The quantitative estimate of drug-likeness (QED) is 0.524. The van der Waals surface area contributed by atoms with Crippen LogP contribution in [-0.2, 0) is 0 Å². The van der Waals surface area contributed by atoms with E-state index < -0.39 is 0 Å². The minimum absolute atomic E-state index is 0.333. The van der Waals surface area contributed by atoms with Gasteiger partial charge in [0.1, 0.15) is 0 Å². The van der Waals surface area contributed by atoms with Gasteiger partial charge in [-0.1, -0.05) is 0 Å². The summed E-state index contributed by atoms with van der Waals surface area (Å²) in [6, 6.07) is 0. The van der Waals surface area contributed by atoms with Crippen molar-refractivity contribution in [2.75, 3.05) is 0 Å². The molecule has 0 amide bonds. The Morgan fingerprint density at radius 1 is 1.60 bits per heavy atom. The third kappa shape index (κ3) is 4.88. The normalized spacial score (nSPS) is 12.4. The predicted octanol–water partition coefficient (Wildman–Crippen LogP) is 1.29. The first kappa shape index (κ1) is 5.88. The van der Waals surface area contributed by atoms with Crippen LogP contribution in [0, 0.1) is 0 Å². The molecule has 0 fully saturated rings. The molecule has 0 saturated heterocycles. The van der Waals surface area contributed by atoms with E-state index in [1.54, 1.807) is 4.86 Å². The van der Waals surface area contributed by atoms with Gasteiger partial charge in [0.15, 0.2) is 0 Å². The van der Waals surface area contributed by atoms with E-state index in [0.717, 1.165) is 0 Å². The monoisotopic (exact) mass is 172 g/mol. The molecule has 5 heavy (non-hydrogen) atoms. The summed E-state index contributed by atoms with van der Waals surface area (Å²) in [6.45, 7) is 0. The predicted molar refractivity (Wildman–Crippen MR) is 28.0 cm³/mol. The third-order valence-electron chi connectivity index (χ3n) is 0.126. The van der Waals surface area contributed by atoms with E-state index in [-0.39, 0.29) is 14.8 Å². The van der Waals surface area contributed by atoms with Crippen molar-refractivity contribution in [2.45, 2.75) is 0 Å². The fourth-order valence-electron chi connectivity index (χ4n) is 0.0238. The Bertz CT molecular complexity index is 34.6. The molecule has 3 heteroatoms. The van der Waals surface area contributed by atoms with Gasteiger partial charge < -0.3 is 0 Å². The zero-order chi connectivity index (χ0) is 4.12. The Morgan fingerprint density at radius 3 is 2.20 bits per heavy atom. The molecule has 0 heterocycles. The molecular weight excluding hydrogens is 170 g/mol. The van der Waals surface area contributed by atoms with Crippen LogP contribution in [0.3, 0.4) is 0 Å². The molecule has 0 N–H and O–H groups in total. The van der Waals surface area contributed by atoms with Crippen LogP contribution in [-0.4, -0.2) is 14.8 Å². The van der Waals surface area contributed by atoms with Crippen LogP contribution in [0.4, 0.5) is 0 Å². The fourth-order valence-corrected chi connectivity index (χ4v) is 1.11. The molecule has 0 aliphatic heterocycles. The third-order valence-corrected chi connectivity index (χ3v) is 1.96. The van der Waals surface area contributed by atoms with Gasteiger partial charge in [-0.25, -0.2) is 0 Å². The molecular formula is C2H3AsCl2. The van der Waals surface area contributed by atoms with Crippen molar-refractivity contribution >= 4 is 36.4 Å². The zero-order valence-corrected chi connectivity index (χ0v) is 6.02. The molecule has 30 valence electrons. The van der Waals surface area contributed by atoms with E-state index in [9.17, 15) is 0 Å². The number of halogens is 2. The number of rotatable bonds is 1. The Morgan fingerprint density at radius 2 is 2.20 bits per heavy atom. The van der Waals surface area contributed by atoms with E-state index >= 15 is 0 Å². The van der Waals surface area contributed by atoms with Crippen LogP contribution < -0.4 is 0 Å². The maximum absolute atomic E-state index is 5.26. The van der Waals surface area contributed by atoms with Gasteiger partial charge in [-0.2, -0.15) is 0 Å². The molecule has 0 bridgehead atoms. The summed E-state index contributed by atoms with van der Waals surface area (Å²) in [4.78, 5) is 1.78. The number of hydrogen-bond donors (Lipinski definition) is 0. The maximum atomic E-state index is 5.26. The molecule has 0 spiro atoms. The van der Waals surface area contributed by atoms with E-state index in [1.165, 1.54) is 5.54 Å². The summed E-state index contributed by atoms with van der Waals surface area (Å²) in [5, 5.41) is 0. The van der Waals surface area contributed by atoms with Gasteiger partial charge in [0.05, 0.1) is 0 Å². The summed E-state index contributed by atoms with van der Waals surface area (Å²) < 4.78 is 0. The van der Waals surface area contributed by atoms with E-state index in [1.807, 2.05) is 0 Å². The van der Waals surface area contributed by atoms with Gasteiger partial charge in [0.25, 0.3) is 0 Å². The van der Waals surface area contributed by atoms with Crippen molar-refractivity contribution in [3.05, 3.63) is 10.4 Å². The summed E-state index contributed by atoms with van der Waals surface area (Å²) >= 11 is 4.73. The molecule has 0 aromatic heterocycles. The van der Waals surface area contributed by atoms with Crippen molar-refractivity contribution in [2.24, 2.45) is 0 Å². The minimum atomic E-state index is -0.333. The first-order chi connectivity index (χ1) is 2.41. The second-order valence-electron chi connectivity index (χ2n) is 0.402. The van der Waals surface area contributed by atoms with Crippen LogP contribution in [0.1, 0.15) is 0 Å². The molecule has 0 aliphatic rings. The van der Waals surface area contributed by atoms with Crippen LogP contribution >= 0.6 is 21.6 Å². The summed E-state index contributed by atoms with van der Waals surface area (Å²) in [6.07, 6.45) is 0. The van der Waals surface area contributed by atoms with E-state index in [2.05, 4.69) is 0 Å². The molecule has 1 atom stereocenters. The summed E-state index contributed by atoms with van der Waals surface area (Å²) in [5.41, 5.74) is 1.45. The van der Waals surface area contributed by atoms with Crippen molar-refractivity contribution in [1.82, 2.24) is 0 Å². The average molecular weight is 173 g/mol. The number of hydrogen-bond acceptors (Lipinski definition) is 0. The van der Waals surface area contributed by atoms with Gasteiger partial charge in [0, 0.05) is 0 Å². The van der Waals surface area contributed by atoms with Crippen LogP contribution in [0.5, 0.6) is 0 Å². The first-order valence-corrected chi connectivity index (χ1v) is 5.43. The van der Waals surface area contributed by atoms with Crippen LogP contribution in [0.25, 0.3) is 0 Å². The van der Waals surface area contributed by atoms with Gasteiger partial charge in [-0.05, 0) is 0 Å². The zero-order valence-electron chi connectivity index (χ0n) is 2.41. The van der Waals surface area contributed by atoms with Crippen molar-refractivity contribution < 1.29 is 0 Å². The van der Waals surface area contributed by atoms with Gasteiger partial charge >= 0.3 is 46.8 Å². The fraction of sp³-hybridized carbons (Fsp3) is 0. The van der Waals surface area contributed by atoms with E-state index in [0.29, 0.717) is 0 Å². The molecule has 0 aromatic carbocycles. The topological polar surface area (TPSA) is 0 Å². The van der Waals surface area contributed by atoms with Gasteiger partial charge in [-0.3, -0.25) is 0 Å². The molecule has 0 rings (SSSR count). The van der Waals surface area contributed by atoms with Crippen molar-refractivity contribution in [1.29, 1.82) is 0 Å². The molecule has 0 saturated carbocycles. The standard InChI is InChI=1S/C2H3AsCl2/c4-2-1-3-5/h1-3H. The van der Waals surface area contributed by atoms with Crippen LogP contribution in [0.15, 0.2) is 10.4 Å². The van der Waals surface area contributed by atoms with Crippen LogP contribution in [0.2, 0.25) is 0 Å². The first-order valence-electron chi connectivity index (χ1n) is 1.03. The Balaban J connectivity index is 2.62. The molecule has 0 aliphatic carbocycles. The summed E-state index contributed by atoms with van der Waals surface area (Å²) in [7, 11) is 5.26. The summed E-state index contributed by atoms with van der Waals surface area (Å²) in [5.74, 6) is 0. The Labute approximate surface area is 47.0 Å². The van der Waals surface area contributed by atoms with Gasteiger partial charge in [0.2, 0.25) is 0 Å². The average Bonchev–Trinajstić information content (AvgIpc) is 1.41. The second-order valence-corrected chi connectivity index (χ2v) is 2.94. The molecule has 1 unspecified atom stereocenters. The van der Waals surface area contributed by atoms with Crippen molar-refractivity contribution in [3.63, 3.8) is 0 Å². The molecule has 0 radical (unpaired) electrons. The van der Waals surface area contributed by atoms with E-state index in [4.69, 9.17) is 21.6 Å². The Hall–Kier alpha value is 0.878. The Kier molecular flexibility index (Phi) is 5.74. The second kappa shape index (κ2) is 4.88. The SMILES string of the molecule is ClC=C[AsH]Cl.